The minimum Gasteiger partial charge on any atom is -0.355 e. The molecule has 0 fully saturated rings. The molecule has 2 aromatic rings. The molecule has 0 saturated carbocycles. The number of anilines is 1. The fourth-order valence-electron chi connectivity index (χ4n) is 2.68. The van der Waals surface area contributed by atoms with Gasteiger partial charge >= 0.3 is 0 Å². The molecular formula is C19H25N3S. The van der Waals surface area contributed by atoms with Crippen LogP contribution in [0.4, 0.5) is 5.82 Å². The third-order valence-electron chi connectivity index (χ3n) is 3.84. The van der Waals surface area contributed by atoms with Crippen molar-refractivity contribution in [3.05, 3.63) is 58.8 Å². The molecule has 1 aromatic carbocycles. The van der Waals surface area contributed by atoms with Crippen molar-refractivity contribution < 1.29 is 0 Å². The van der Waals surface area contributed by atoms with Crippen molar-refractivity contribution in [2.75, 3.05) is 5.32 Å². The lowest BCUT2D eigenvalue weighted by molar-refractivity contribution is 0.471. The second-order valence-corrected chi connectivity index (χ2v) is 6.75. The van der Waals surface area contributed by atoms with Gasteiger partial charge < -0.3 is 10.6 Å². The van der Waals surface area contributed by atoms with Gasteiger partial charge in [0.15, 0.2) is 5.11 Å². The zero-order valence-electron chi connectivity index (χ0n) is 14.5. The average molecular weight is 327 g/mol. The molecular weight excluding hydrogens is 302 g/mol. The first-order valence-corrected chi connectivity index (χ1v) is 8.36. The van der Waals surface area contributed by atoms with E-state index in [-0.39, 0.29) is 6.04 Å². The van der Waals surface area contributed by atoms with E-state index in [0.717, 1.165) is 11.5 Å². The minimum absolute atomic E-state index is 0.167. The number of hydrogen-bond acceptors (Lipinski definition) is 2. The van der Waals surface area contributed by atoms with E-state index in [1.54, 1.807) is 0 Å². The molecule has 3 nitrogen and oxygen atoms in total. The molecule has 0 bridgehead atoms. The summed E-state index contributed by atoms with van der Waals surface area (Å²) in [5.41, 5.74) is 4.81. The number of rotatable bonds is 4. The predicted molar refractivity (Wildman–Crippen MR) is 102 cm³/mol. The highest BCUT2D eigenvalue weighted by Crippen LogP contribution is 2.25. The van der Waals surface area contributed by atoms with E-state index in [9.17, 15) is 0 Å². The Hall–Kier alpha value is -1.94. The van der Waals surface area contributed by atoms with E-state index in [0.29, 0.717) is 11.0 Å². The highest BCUT2D eigenvalue weighted by atomic mass is 32.1. The number of aryl methyl sites for hydroxylation is 3. The highest BCUT2D eigenvalue weighted by molar-refractivity contribution is 7.80. The third-order valence-corrected chi connectivity index (χ3v) is 4.06. The van der Waals surface area contributed by atoms with Gasteiger partial charge in [0.05, 0.1) is 6.04 Å². The molecule has 23 heavy (non-hydrogen) atoms. The van der Waals surface area contributed by atoms with Crippen molar-refractivity contribution in [1.82, 2.24) is 10.3 Å². The van der Waals surface area contributed by atoms with Gasteiger partial charge in [0.1, 0.15) is 5.82 Å². The molecule has 0 spiro atoms. The molecule has 1 unspecified atom stereocenters. The Bertz CT molecular complexity index is 695. The number of aromatic nitrogens is 1. The molecule has 2 rings (SSSR count). The zero-order valence-corrected chi connectivity index (χ0v) is 15.3. The van der Waals surface area contributed by atoms with Crippen LogP contribution in [-0.4, -0.2) is 10.1 Å². The van der Waals surface area contributed by atoms with Gasteiger partial charge in [-0.05, 0) is 62.2 Å². The summed E-state index contributed by atoms with van der Waals surface area (Å²) >= 11 is 5.48. The molecule has 122 valence electrons. The van der Waals surface area contributed by atoms with Crippen LogP contribution in [0.2, 0.25) is 0 Å². The van der Waals surface area contributed by atoms with E-state index >= 15 is 0 Å². The van der Waals surface area contributed by atoms with E-state index in [1.807, 2.05) is 25.1 Å². The van der Waals surface area contributed by atoms with Crippen LogP contribution in [0.5, 0.6) is 0 Å². The first kappa shape index (κ1) is 17.4. The van der Waals surface area contributed by atoms with Gasteiger partial charge in [-0.3, -0.25) is 0 Å². The summed E-state index contributed by atoms with van der Waals surface area (Å²) in [6.07, 6.45) is 0. The van der Waals surface area contributed by atoms with Crippen LogP contribution in [-0.2, 0) is 0 Å². The largest absolute Gasteiger partial charge is 0.355 e. The second-order valence-electron chi connectivity index (χ2n) is 6.34. The van der Waals surface area contributed by atoms with Crippen molar-refractivity contribution in [3.63, 3.8) is 0 Å². The Morgan fingerprint density at radius 1 is 1.09 bits per heavy atom. The maximum absolute atomic E-state index is 5.48. The molecule has 0 aliphatic heterocycles. The van der Waals surface area contributed by atoms with Crippen molar-refractivity contribution in [2.24, 2.45) is 5.92 Å². The first-order valence-electron chi connectivity index (χ1n) is 7.95. The monoisotopic (exact) mass is 327 g/mol. The third kappa shape index (κ3) is 4.76. The Balaban J connectivity index is 2.14. The SMILES string of the molecule is Cc1ccc(C(NC(=S)Nc2cccc(C)n2)C(C)C)c(C)c1. The Morgan fingerprint density at radius 3 is 2.43 bits per heavy atom. The van der Waals surface area contributed by atoms with Crippen molar-refractivity contribution in [2.45, 2.75) is 40.7 Å². The smallest absolute Gasteiger partial charge is 0.172 e. The number of hydrogen-bond donors (Lipinski definition) is 2. The van der Waals surface area contributed by atoms with Crippen molar-refractivity contribution >= 4 is 23.1 Å². The summed E-state index contributed by atoms with van der Waals surface area (Å²) in [6, 6.07) is 12.6. The molecule has 0 radical (unpaired) electrons. The Morgan fingerprint density at radius 2 is 1.83 bits per heavy atom. The summed E-state index contributed by atoms with van der Waals surface area (Å²) in [7, 11) is 0. The summed E-state index contributed by atoms with van der Waals surface area (Å²) in [5.74, 6) is 1.19. The van der Waals surface area contributed by atoms with Crippen LogP contribution in [0.1, 0.15) is 42.3 Å². The van der Waals surface area contributed by atoms with Crippen molar-refractivity contribution in [3.8, 4) is 0 Å². The number of nitrogens with zero attached hydrogens (tertiary/aromatic N) is 1. The minimum atomic E-state index is 0.167. The number of benzene rings is 1. The predicted octanol–water partition coefficient (Wildman–Crippen LogP) is 4.69. The lowest BCUT2D eigenvalue weighted by atomic mass is 9.92. The van der Waals surface area contributed by atoms with Gasteiger partial charge in [0, 0.05) is 5.69 Å². The maximum Gasteiger partial charge on any atom is 0.172 e. The molecule has 4 heteroatoms. The number of thiocarbonyl (C=S) groups is 1. The maximum atomic E-state index is 5.48. The van der Waals surface area contributed by atoms with E-state index in [4.69, 9.17) is 12.2 Å². The zero-order chi connectivity index (χ0) is 17.0. The Kier molecular flexibility index (Phi) is 5.72. The molecule has 1 aromatic heterocycles. The van der Waals surface area contributed by atoms with Gasteiger partial charge in [-0.1, -0.05) is 43.7 Å². The molecule has 0 saturated heterocycles. The summed E-state index contributed by atoms with van der Waals surface area (Å²) < 4.78 is 0. The quantitative estimate of drug-likeness (QED) is 0.799. The molecule has 0 amide bonds. The topological polar surface area (TPSA) is 37.0 Å². The summed E-state index contributed by atoms with van der Waals surface area (Å²) in [5, 5.41) is 7.22. The van der Waals surface area contributed by atoms with Gasteiger partial charge in [0.25, 0.3) is 0 Å². The lowest BCUT2D eigenvalue weighted by Gasteiger charge is -2.26. The van der Waals surface area contributed by atoms with E-state index in [2.05, 4.69) is 61.5 Å². The van der Waals surface area contributed by atoms with Gasteiger partial charge in [-0.25, -0.2) is 4.98 Å². The van der Waals surface area contributed by atoms with Crippen LogP contribution < -0.4 is 10.6 Å². The normalized spacial score (nSPS) is 12.1. The standard InChI is InChI=1S/C19H25N3S/c1-12(2)18(16-10-9-13(3)11-14(16)4)22-19(23)21-17-8-6-7-15(5)20-17/h6-12,18H,1-5H3,(H2,20,21,22,23). The lowest BCUT2D eigenvalue weighted by Crippen LogP contribution is -2.35. The Labute approximate surface area is 144 Å². The number of nitrogens with one attached hydrogen (secondary N) is 2. The van der Waals surface area contributed by atoms with Crippen LogP contribution in [0, 0.1) is 26.7 Å². The molecule has 2 N–H and O–H groups in total. The van der Waals surface area contributed by atoms with Crippen LogP contribution in [0.3, 0.4) is 0 Å². The van der Waals surface area contributed by atoms with Crippen LogP contribution >= 0.6 is 12.2 Å². The summed E-state index contributed by atoms with van der Waals surface area (Å²) in [6.45, 7) is 10.6. The van der Waals surface area contributed by atoms with Crippen LogP contribution in [0.25, 0.3) is 0 Å². The second kappa shape index (κ2) is 7.55. The van der Waals surface area contributed by atoms with Crippen molar-refractivity contribution in [1.29, 1.82) is 0 Å². The molecule has 1 atom stereocenters. The molecule has 0 aliphatic rings. The summed E-state index contributed by atoms with van der Waals surface area (Å²) in [4.78, 5) is 4.43. The average Bonchev–Trinajstić information content (AvgIpc) is 2.45. The molecule has 0 aliphatic carbocycles. The first-order chi connectivity index (χ1) is 10.9. The van der Waals surface area contributed by atoms with Gasteiger partial charge in [-0.2, -0.15) is 0 Å². The number of pyridine rings is 1. The van der Waals surface area contributed by atoms with E-state index < -0.39 is 0 Å². The highest BCUT2D eigenvalue weighted by Gasteiger charge is 2.18. The van der Waals surface area contributed by atoms with E-state index in [1.165, 1.54) is 16.7 Å². The fraction of sp³-hybridized carbons (Fsp3) is 0.368. The van der Waals surface area contributed by atoms with Crippen LogP contribution in [0.15, 0.2) is 36.4 Å². The van der Waals surface area contributed by atoms with Gasteiger partial charge in [0.2, 0.25) is 0 Å². The fourth-order valence-corrected chi connectivity index (χ4v) is 2.92. The molecule has 1 heterocycles. The van der Waals surface area contributed by atoms with Gasteiger partial charge in [-0.15, -0.1) is 0 Å².